The van der Waals surface area contributed by atoms with Crippen molar-refractivity contribution in [2.24, 2.45) is 0 Å². The first-order chi connectivity index (χ1) is 14.0. The summed E-state index contributed by atoms with van der Waals surface area (Å²) in [4.78, 5) is 15.1. The highest BCUT2D eigenvalue weighted by Gasteiger charge is 2.42. The average Bonchev–Trinajstić information content (AvgIpc) is 3.20. The topological polar surface area (TPSA) is 41.6 Å². The molecule has 0 aromatic heterocycles. The number of methoxy groups -OCH3 is 1. The third-order valence-corrected chi connectivity index (χ3v) is 5.84. The van der Waals surface area contributed by atoms with Gasteiger partial charge < -0.3 is 10.1 Å². The number of rotatable bonds is 4. The molecule has 1 aliphatic carbocycles. The number of likely N-dealkylation sites (tertiary alicyclic amines) is 1. The number of hydrogen-bond donors (Lipinski definition) is 1. The lowest BCUT2D eigenvalue weighted by Gasteiger charge is -2.38. The second-order valence-electron chi connectivity index (χ2n) is 7.77. The Kier molecular flexibility index (Phi) is 6.54. The molecule has 0 spiro atoms. The number of halogens is 6. The van der Waals surface area contributed by atoms with E-state index in [0.717, 1.165) is 52.3 Å². The van der Waals surface area contributed by atoms with Gasteiger partial charge in [-0.1, -0.05) is 12.8 Å². The molecule has 30 heavy (non-hydrogen) atoms. The molecule has 10 heteroatoms. The van der Waals surface area contributed by atoms with Crippen LogP contribution >= 0.6 is 0 Å². The van der Waals surface area contributed by atoms with Crippen molar-refractivity contribution in [3.05, 3.63) is 28.8 Å². The number of nitrogens with zero attached hydrogens (tertiary/aromatic N) is 1. The van der Waals surface area contributed by atoms with Crippen molar-refractivity contribution >= 4 is 5.91 Å². The molecule has 4 nitrogen and oxygen atoms in total. The van der Waals surface area contributed by atoms with E-state index in [1.807, 2.05) is 0 Å². The van der Waals surface area contributed by atoms with E-state index in [4.69, 9.17) is 4.74 Å². The van der Waals surface area contributed by atoms with Gasteiger partial charge in [0.05, 0.1) is 23.8 Å². The number of ether oxygens (including phenoxy) is 1. The highest BCUT2D eigenvalue weighted by Crippen LogP contribution is 2.41. The van der Waals surface area contributed by atoms with Gasteiger partial charge in [-0.05, 0) is 50.9 Å². The number of nitrogens with one attached hydrogen (secondary N) is 1. The first-order valence-electron chi connectivity index (χ1n) is 9.93. The van der Waals surface area contributed by atoms with Crippen molar-refractivity contribution in [1.82, 2.24) is 10.2 Å². The van der Waals surface area contributed by atoms with E-state index in [1.165, 1.54) is 0 Å². The minimum atomic E-state index is -5.15. The molecule has 1 heterocycles. The Morgan fingerprint density at radius 3 is 2.20 bits per heavy atom. The maximum atomic E-state index is 13.6. The van der Waals surface area contributed by atoms with Crippen LogP contribution in [0.1, 0.15) is 60.0 Å². The van der Waals surface area contributed by atoms with Crippen molar-refractivity contribution in [3.8, 4) is 5.75 Å². The third kappa shape index (κ3) is 4.84. The predicted octanol–water partition coefficient (Wildman–Crippen LogP) is 4.87. The van der Waals surface area contributed by atoms with Gasteiger partial charge in [0, 0.05) is 12.1 Å². The SMILES string of the molecule is COc1cc(C(F)(F)F)cc(C(F)(F)F)c1C(=O)NC1CCCCC1N1CCCC1. The molecule has 0 radical (unpaired) electrons. The molecule has 3 rings (SSSR count). The zero-order chi connectivity index (χ0) is 22.1. The monoisotopic (exact) mass is 438 g/mol. The van der Waals surface area contributed by atoms with Crippen LogP contribution in [-0.4, -0.2) is 43.1 Å². The summed E-state index contributed by atoms with van der Waals surface area (Å²) in [5.74, 6) is -1.81. The zero-order valence-electron chi connectivity index (χ0n) is 16.5. The van der Waals surface area contributed by atoms with Gasteiger partial charge in [0.15, 0.2) is 0 Å². The van der Waals surface area contributed by atoms with E-state index in [9.17, 15) is 31.1 Å². The van der Waals surface area contributed by atoms with Crippen LogP contribution in [0.3, 0.4) is 0 Å². The van der Waals surface area contributed by atoms with Crippen LogP contribution < -0.4 is 10.1 Å². The number of hydrogen-bond acceptors (Lipinski definition) is 3. The number of benzene rings is 1. The Morgan fingerprint density at radius 2 is 1.63 bits per heavy atom. The number of carbonyl (C=O) groups is 1. The molecule has 168 valence electrons. The summed E-state index contributed by atoms with van der Waals surface area (Å²) in [7, 11) is 0.945. The molecule has 2 aliphatic rings. The van der Waals surface area contributed by atoms with Gasteiger partial charge in [-0.15, -0.1) is 0 Å². The summed E-state index contributed by atoms with van der Waals surface area (Å²) >= 11 is 0. The van der Waals surface area contributed by atoms with Crippen LogP contribution in [0.15, 0.2) is 12.1 Å². The minimum absolute atomic E-state index is 0.0139. The lowest BCUT2D eigenvalue weighted by Crippen LogP contribution is -2.52. The standard InChI is InChI=1S/C20H24F6N2O2/c1-30-16-11-12(19(21,22)23)10-13(20(24,25)26)17(16)18(29)27-14-6-2-3-7-15(14)28-8-4-5-9-28/h10-11,14-15H,2-9H2,1H3,(H,27,29). The molecule has 1 aromatic carbocycles. The molecule has 2 atom stereocenters. The van der Waals surface area contributed by atoms with Gasteiger partial charge in [-0.25, -0.2) is 0 Å². The third-order valence-electron chi connectivity index (χ3n) is 5.84. The molecule has 2 unspecified atom stereocenters. The van der Waals surface area contributed by atoms with Gasteiger partial charge in [-0.3, -0.25) is 9.69 Å². The maximum Gasteiger partial charge on any atom is 0.417 e. The zero-order valence-corrected chi connectivity index (χ0v) is 16.5. The summed E-state index contributed by atoms with van der Waals surface area (Å²) < 4.78 is 84.8. The van der Waals surface area contributed by atoms with E-state index < -0.39 is 40.7 Å². The summed E-state index contributed by atoms with van der Waals surface area (Å²) in [5, 5.41) is 2.67. The van der Waals surface area contributed by atoms with E-state index >= 15 is 0 Å². The van der Waals surface area contributed by atoms with Gasteiger partial charge in [0.2, 0.25) is 0 Å². The van der Waals surface area contributed by atoms with Gasteiger partial charge in [0.25, 0.3) is 5.91 Å². The predicted molar refractivity (Wildman–Crippen MR) is 97.3 cm³/mol. The fourth-order valence-corrected chi connectivity index (χ4v) is 4.43. The molecule has 1 aromatic rings. The fraction of sp³-hybridized carbons (Fsp3) is 0.650. The van der Waals surface area contributed by atoms with Crippen LogP contribution in [0.5, 0.6) is 5.75 Å². The highest BCUT2D eigenvalue weighted by atomic mass is 19.4. The molecular formula is C20H24F6N2O2. The molecule has 0 bridgehead atoms. The summed E-state index contributed by atoms with van der Waals surface area (Å²) in [6.45, 7) is 1.74. The molecule has 1 aliphatic heterocycles. The molecular weight excluding hydrogens is 414 g/mol. The summed E-state index contributed by atoms with van der Waals surface area (Å²) in [6, 6.07) is 0.0524. The van der Waals surface area contributed by atoms with Crippen molar-refractivity contribution in [2.75, 3.05) is 20.2 Å². The van der Waals surface area contributed by atoms with Gasteiger partial charge in [-0.2, -0.15) is 26.3 Å². The van der Waals surface area contributed by atoms with Crippen LogP contribution in [0, 0.1) is 0 Å². The number of alkyl halides is 6. The van der Waals surface area contributed by atoms with Crippen molar-refractivity contribution < 1.29 is 35.9 Å². The highest BCUT2D eigenvalue weighted by molar-refractivity contribution is 5.99. The number of amides is 1. The van der Waals surface area contributed by atoms with E-state index in [0.29, 0.717) is 12.5 Å². The molecule has 1 amide bonds. The van der Waals surface area contributed by atoms with Crippen LogP contribution in [0.2, 0.25) is 0 Å². The largest absolute Gasteiger partial charge is 0.496 e. The molecule has 1 saturated heterocycles. The first-order valence-corrected chi connectivity index (χ1v) is 9.93. The molecule has 2 fully saturated rings. The maximum absolute atomic E-state index is 13.6. The number of carbonyl (C=O) groups excluding carboxylic acids is 1. The normalized spacial score (nSPS) is 23.4. The first kappa shape index (κ1) is 22.7. The van der Waals surface area contributed by atoms with E-state index in [1.54, 1.807) is 0 Å². The fourth-order valence-electron chi connectivity index (χ4n) is 4.43. The van der Waals surface area contributed by atoms with Crippen LogP contribution in [0.4, 0.5) is 26.3 Å². The quantitative estimate of drug-likeness (QED) is 0.682. The van der Waals surface area contributed by atoms with Crippen molar-refractivity contribution in [1.29, 1.82) is 0 Å². The minimum Gasteiger partial charge on any atom is -0.496 e. The lowest BCUT2D eigenvalue weighted by atomic mass is 9.88. The summed E-state index contributed by atoms with van der Waals surface area (Å²) in [6.07, 6.45) is -4.88. The second kappa shape index (κ2) is 8.64. The Hall–Kier alpha value is -1.97. The van der Waals surface area contributed by atoms with Crippen LogP contribution in [0.25, 0.3) is 0 Å². The Morgan fingerprint density at radius 1 is 1.00 bits per heavy atom. The molecule has 1 N–H and O–H groups in total. The van der Waals surface area contributed by atoms with E-state index in [2.05, 4.69) is 10.2 Å². The van der Waals surface area contributed by atoms with Gasteiger partial charge >= 0.3 is 12.4 Å². The Labute approximate surface area is 170 Å². The Bertz CT molecular complexity index is 772. The smallest absolute Gasteiger partial charge is 0.417 e. The van der Waals surface area contributed by atoms with Crippen molar-refractivity contribution in [2.45, 2.75) is 63.0 Å². The second-order valence-corrected chi connectivity index (χ2v) is 7.77. The molecule has 1 saturated carbocycles. The van der Waals surface area contributed by atoms with Gasteiger partial charge in [0.1, 0.15) is 5.75 Å². The Balaban J connectivity index is 1.95. The lowest BCUT2D eigenvalue weighted by molar-refractivity contribution is -0.143. The van der Waals surface area contributed by atoms with Crippen LogP contribution in [-0.2, 0) is 12.4 Å². The van der Waals surface area contributed by atoms with Crippen molar-refractivity contribution in [3.63, 3.8) is 0 Å². The summed E-state index contributed by atoms with van der Waals surface area (Å²) in [5.41, 5.74) is -4.08. The van der Waals surface area contributed by atoms with E-state index in [-0.39, 0.29) is 18.2 Å². The average molecular weight is 438 g/mol.